The largest absolute Gasteiger partial charge is 0.395 e. The first-order valence-electron chi connectivity index (χ1n) is 14.3. The number of aliphatic hydroxyl groups is 1. The molecule has 0 aromatic heterocycles. The van der Waals surface area contributed by atoms with Gasteiger partial charge in [-0.25, -0.2) is 0 Å². The van der Waals surface area contributed by atoms with Gasteiger partial charge in [0.25, 0.3) is 5.91 Å². The van der Waals surface area contributed by atoms with Gasteiger partial charge in [-0.1, -0.05) is 103 Å². The van der Waals surface area contributed by atoms with Crippen LogP contribution in [0.1, 0.15) is 59.2 Å². The summed E-state index contributed by atoms with van der Waals surface area (Å²) in [4.78, 5) is 54.9. The van der Waals surface area contributed by atoms with Crippen molar-refractivity contribution >= 4 is 51.7 Å². The molecule has 1 fully saturated rings. The Hall–Kier alpha value is -4.10. The number of hydrogen-bond donors (Lipinski definition) is 2. The molecule has 3 aromatic carbocycles. The van der Waals surface area contributed by atoms with Crippen molar-refractivity contribution in [2.24, 2.45) is 5.92 Å². The van der Waals surface area contributed by atoms with Crippen molar-refractivity contribution in [1.29, 1.82) is 0 Å². The van der Waals surface area contributed by atoms with Gasteiger partial charge in [-0.15, -0.1) is 5.92 Å². The second-order valence-electron chi connectivity index (χ2n) is 10.4. The number of rotatable bonds is 12. The number of Topliss-reactive ketones (excluding diaryl/α,β-unsaturated/α-hetero) is 1. The summed E-state index contributed by atoms with van der Waals surface area (Å²) in [5.41, 5.74) is 2.70. The van der Waals surface area contributed by atoms with Crippen LogP contribution in [0.3, 0.4) is 0 Å². The molecule has 0 spiro atoms. The molecule has 1 aliphatic heterocycles. The summed E-state index contributed by atoms with van der Waals surface area (Å²) in [5.74, 6) is 2.55. The molecule has 0 bridgehead atoms. The third-order valence-electron chi connectivity index (χ3n) is 7.66. The van der Waals surface area contributed by atoms with Gasteiger partial charge in [-0.2, -0.15) is 0 Å². The van der Waals surface area contributed by atoms with Crippen LogP contribution in [-0.4, -0.2) is 62.7 Å². The normalized spacial score (nSPS) is 17.4. The van der Waals surface area contributed by atoms with Crippen LogP contribution in [0, 0.1) is 17.8 Å². The first-order chi connectivity index (χ1) is 21.3. The lowest BCUT2D eigenvalue weighted by Crippen LogP contribution is -2.33. The number of aliphatic hydroxyl groups excluding tert-OH is 1. The number of carbonyl (C=O) groups is 4. The zero-order valence-electron chi connectivity index (χ0n) is 24.6. The van der Waals surface area contributed by atoms with Crippen LogP contribution in [0.5, 0.6) is 0 Å². The third kappa shape index (κ3) is 7.69. The van der Waals surface area contributed by atoms with Gasteiger partial charge in [0.05, 0.1) is 23.3 Å². The average Bonchev–Trinajstić information content (AvgIpc) is 3.27. The lowest BCUT2D eigenvalue weighted by atomic mass is 9.75. The number of ketones is 1. The Morgan fingerprint density at radius 3 is 2.16 bits per heavy atom. The van der Waals surface area contributed by atoms with Crippen LogP contribution < -0.4 is 5.32 Å². The van der Waals surface area contributed by atoms with E-state index in [0.29, 0.717) is 9.76 Å². The van der Waals surface area contributed by atoms with Crippen molar-refractivity contribution in [3.63, 3.8) is 0 Å². The number of thiocarbonyl (C=S) groups is 1. The number of nitrogens with one attached hydrogen (secondary N) is 1. The molecule has 1 heterocycles. The Morgan fingerprint density at radius 1 is 0.932 bits per heavy atom. The summed E-state index contributed by atoms with van der Waals surface area (Å²) >= 11 is 6.94. The standard InChI is InChI=1S/C35H34N2O5S2/c1-3-4-20-37-33(41)30(31(34(37)42)44-35(43)27-13-9-6-10-14-27)29(22-28(23(2)39)24-11-7-5-8-12-24)25-15-17-26(18-16-25)32(40)36-19-21-38/h5-18,28-31,38H,19-22H2,1-2H3,(H,36,40). The molecule has 4 rings (SSSR count). The molecule has 1 saturated heterocycles. The summed E-state index contributed by atoms with van der Waals surface area (Å²) < 4.78 is 0.492. The van der Waals surface area contributed by atoms with Crippen molar-refractivity contribution < 1.29 is 24.3 Å². The topological polar surface area (TPSA) is 104 Å². The maximum atomic E-state index is 14.2. The smallest absolute Gasteiger partial charge is 0.251 e. The minimum Gasteiger partial charge on any atom is -0.395 e. The molecular weight excluding hydrogens is 593 g/mol. The fourth-order valence-corrected chi connectivity index (χ4v) is 7.05. The van der Waals surface area contributed by atoms with Gasteiger partial charge in [0.1, 0.15) is 11.0 Å². The molecule has 226 valence electrons. The van der Waals surface area contributed by atoms with Crippen molar-refractivity contribution in [1.82, 2.24) is 10.2 Å². The van der Waals surface area contributed by atoms with E-state index in [1.54, 1.807) is 31.2 Å². The molecular formula is C35H34N2O5S2. The minimum atomic E-state index is -0.840. The van der Waals surface area contributed by atoms with Crippen LogP contribution >= 0.6 is 24.0 Å². The second kappa shape index (κ2) is 15.6. The average molecular weight is 627 g/mol. The summed E-state index contributed by atoms with van der Waals surface area (Å²) in [5, 5.41) is 10.9. The number of imide groups is 1. The Bertz CT molecular complexity index is 1570. The molecule has 1 aliphatic rings. The van der Waals surface area contributed by atoms with Gasteiger partial charge in [-0.3, -0.25) is 24.1 Å². The van der Waals surface area contributed by atoms with Crippen molar-refractivity contribution in [2.75, 3.05) is 19.7 Å². The number of amides is 3. The van der Waals surface area contributed by atoms with Crippen LogP contribution in [0.2, 0.25) is 0 Å². The first kappa shape index (κ1) is 32.8. The van der Waals surface area contributed by atoms with Crippen LogP contribution in [-0.2, 0) is 14.4 Å². The predicted octanol–water partition coefficient (Wildman–Crippen LogP) is 4.74. The number of benzene rings is 3. The molecule has 0 radical (unpaired) electrons. The first-order valence-corrected chi connectivity index (χ1v) is 15.6. The highest BCUT2D eigenvalue weighted by Crippen LogP contribution is 2.45. The lowest BCUT2D eigenvalue weighted by Gasteiger charge is -2.29. The Kier molecular flexibility index (Phi) is 11.6. The summed E-state index contributed by atoms with van der Waals surface area (Å²) in [6, 6.07) is 25.6. The number of thioether (sulfide) groups is 1. The highest BCUT2D eigenvalue weighted by Gasteiger charge is 2.52. The van der Waals surface area contributed by atoms with Gasteiger partial charge in [-0.05, 0) is 55.0 Å². The molecule has 7 nitrogen and oxygen atoms in total. The molecule has 4 unspecified atom stereocenters. The van der Waals surface area contributed by atoms with Crippen molar-refractivity contribution in [2.45, 2.75) is 37.4 Å². The van der Waals surface area contributed by atoms with Gasteiger partial charge >= 0.3 is 0 Å². The van der Waals surface area contributed by atoms with E-state index in [2.05, 4.69) is 17.2 Å². The van der Waals surface area contributed by atoms with Crippen LogP contribution in [0.25, 0.3) is 0 Å². The van der Waals surface area contributed by atoms with Crippen LogP contribution in [0.4, 0.5) is 0 Å². The van der Waals surface area contributed by atoms with E-state index in [1.807, 2.05) is 60.7 Å². The van der Waals surface area contributed by atoms with Crippen molar-refractivity contribution in [3.05, 3.63) is 107 Å². The van der Waals surface area contributed by atoms with Gasteiger partial charge < -0.3 is 10.4 Å². The molecule has 0 aliphatic carbocycles. The molecule has 3 amide bonds. The SMILES string of the molecule is CC#CCN1C(=O)C(SC(=S)c2ccccc2)C(C(CC(C(C)=O)c2ccccc2)c2ccc(C(=O)NCCO)cc2)C1=O. The van der Waals surface area contributed by atoms with E-state index in [4.69, 9.17) is 17.3 Å². The van der Waals surface area contributed by atoms with Gasteiger partial charge in [0.2, 0.25) is 11.8 Å². The van der Waals surface area contributed by atoms with E-state index < -0.39 is 23.0 Å². The number of hydrogen-bond acceptors (Lipinski definition) is 7. The van der Waals surface area contributed by atoms with Crippen LogP contribution in [0.15, 0.2) is 84.9 Å². The van der Waals surface area contributed by atoms with E-state index in [-0.39, 0.29) is 49.6 Å². The molecule has 9 heteroatoms. The highest BCUT2D eigenvalue weighted by molar-refractivity contribution is 8.24. The predicted molar refractivity (Wildman–Crippen MR) is 176 cm³/mol. The lowest BCUT2D eigenvalue weighted by molar-refractivity contribution is -0.138. The Balaban J connectivity index is 1.80. The maximum absolute atomic E-state index is 14.2. The summed E-state index contributed by atoms with van der Waals surface area (Å²) in [7, 11) is 0. The Labute approximate surface area is 267 Å². The quantitative estimate of drug-likeness (QED) is 0.170. The number of likely N-dealkylation sites (tertiary alicyclic amines) is 1. The zero-order chi connectivity index (χ0) is 31.6. The maximum Gasteiger partial charge on any atom is 0.251 e. The minimum absolute atomic E-state index is 0.0364. The fraction of sp³-hybridized carbons (Fsp3) is 0.286. The monoisotopic (exact) mass is 626 g/mol. The molecule has 0 saturated carbocycles. The second-order valence-corrected chi connectivity index (χ2v) is 12.2. The summed E-state index contributed by atoms with van der Waals surface area (Å²) in [6.45, 7) is 3.09. The third-order valence-corrected chi connectivity index (χ3v) is 9.38. The fourth-order valence-electron chi connectivity index (χ4n) is 5.42. The summed E-state index contributed by atoms with van der Waals surface area (Å²) in [6.07, 6.45) is 0.265. The van der Waals surface area contributed by atoms with Gasteiger partial charge in [0.15, 0.2) is 0 Å². The van der Waals surface area contributed by atoms with E-state index >= 15 is 0 Å². The number of nitrogens with zero attached hydrogens (tertiary/aromatic N) is 1. The van der Waals surface area contributed by atoms with E-state index in [0.717, 1.165) is 16.7 Å². The molecule has 2 N–H and O–H groups in total. The van der Waals surface area contributed by atoms with E-state index in [9.17, 15) is 19.2 Å². The Morgan fingerprint density at radius 2 is 1.57 bits per heavy atom. The highest BCUT2D eigenvalue weighted by atomic mass is 32.2. The van der Waals surface area contributed by atoms with Crippen molar-refractivity contribution in [3.8, 4) is 11.8 Å². The van der Waals surface area contributed by atoms with E-state index in [1.165, 1.54) is 23.6 Å². The molecule has 44 heavy (non-hydrogen) atoms. The van der Waals surface area contributed by atoms with Gasteiger partial charge in [0, 0.05) is 18.0 Å². The zero-order valence-corrected chi connectivity index (χ0v) is 26.2. The number of carbonyl (C=O) groups excluding carboxylic acids is 4. The molecule has 4 atom stereocenters. The molecule has 3 aromatic rings.